The number of methoxy groups -OCH3 is 1. The zero-order chi connectivity index (χ0) is 13.0. The molecule has 6 heteroatoms. The number of hydrogen-bond acceptors (Lipinski definition) is 4. The smallest absolute Gasteiger partial charge is 0.248 e. The molecule has 1 unspecified atom stereocenters. The van der Waals surface area contributed by atoms with E-state index in [0.29, 0.717) is 5.92 Å². The topological polar surface area (TPSA) is 55.3 Å². The SMILES string of the molecule is COCC(=O)N1CCC(Cc2cnc(Br)cn2)C1. The van der Waals surface area contributed by atoms with Gasteiger partial charge in [0.2, 0.25) is 5.91 Å². The van der Waals surface area contributed by atoms with E-state index in [0.717, 1.165) is 36.2 Å². The highest BCUT2D eigenvalue weighted by atomic mass is 79.9. The molecule has 1 fully saturated rings. The van der Waals surface area contributed by atoms with Gasteiger partial charge in [0.15, 0.2) is 0 Å². The Balaban J connectivity index is 1.86. The third kappa shape index (κ3) is 3.49. The van der Waals surface area contributed by atoms with E-state index in [1.807, 2.05) is 4.90 Å². The fraction of sp³-hybridized carbons (Fsp3) is 0.583. The van der Waals surface area contributed by atoms with Gasteiger partial charge in [-0.05, 0) is 34.7 Å². The van der Waals surface area contributed by atoms with Crippen molar-refractivity contribution in [1.29, 1.82) is 0 Å². The van der Waals surface area contributed by atoms with Crippen molar-refractivity contribution in [1.82, 2.24) is 14.9 Å². The second-order valence-electron chi connectivity index (χ2n) is 4.46. The van der Waals surface area contributed by atoms with Crippen LogP contribution in [-0.4, -0.2) is 47.6 Å². The molecular weight excluding hydrogens is 298 g/mol. The Morgan fingerprint density at radius 3 is 3.06 bits per heavy atom. The first-order valence-electron chi connectivity index (χ1n) is 5.92. The number of hydrogen-bond donors (Lipinski definition) is 0. The summed E-state index contributed by atoms with van der Waals surface area (Å²) in [5.41, 5.74) is 0.976. The van der Waals surface area contributed by atoms with Gasteiger partial charge in [0.05, 0.1) is 11.9 Å². The van der Waals surface area contributed by atoms with Gasteiger partial charge in [-0.25, -0.2) is 4.98 Å². The summed E-state index contributed by atoms with van der Waals surface area (Å²) >= 11 is 3.26. The maximum atomic E-state index is 11.7. The number of aromatic nitrogens is 2. The van der Waals surface area contributed by atoms with E-state index in [2.05, 4.69) is 25.9 Å². The molecular formula is C12H16BrN3O2. The van der Waals surface area contributed by atoms with Crippen molar-refractivity contribution in [2.45, 2.75) is 12.8 Å². The van der Waals surface area contributed by atoms with E-state index in [1.165, 1.54) is 0 Å². The van der Waals surface area contributed by atoms with Crippen molar-refractivity contribution in [3.8, 4) is 0 Å². The van der Waals surface area contributed by atoms with Crippen LogP contribution in [0.25, 0.3) is 0 Å². The van der Waals surface area contributed by atoms with Gasteiger partial charge in [-0.2, -0.15) is 0 Å². The van der Waals surface area contributed by atoms with Crippen LogP contribution in [0, 0.1) is 5.92 Å². The predicted molar refractivity (Wildman–Crippen MR) is 70.0 cm³/mol. The zero-order valence-electron chi connectivity index (χ0n) is 10.3. The number of ether oxygens (including phenoxy) is 1. The molecule has 18 heavy (non-hydrogen) atoms. The second-order valence-corrected chi connectivity index (χ2v) is 5.27. The van der Waals surface area contributed by atoms with E-state index < -0.39 is 0 Å². The second kappa shape index (κ2) is 6.24. The summed E-state index contributed by atoms with van der Waals surface area (Å²) in [6.07, 6.45) is 5.38. The van der Waals surface area contributed by atoms with Gasteiger partial charge in [0.25, 0.3) is 0 Å². The Hall–Kier alpha value is -1.01. The van der Waals surface area contributed by atoms with Gasteiger partial charge in [-0.15, -0.1) is 0 Å². The molecule has 98 valence electrons. The normalized spacial score (nSPS) is 19.2. The molecule has 5 nitrogen and oxygen atoms in total. The first kappa shape index (κ1) is 13.4. The molecule has 1 atom stereocenters. The van der Waals surface area contributed by atoms with Crippen LogP contribution in [0.5, 0.6) is 0 Å². The highest BCUT2D eigenvalue weighted by Crippen LogP contribution is 2.20. The lowest BCUT2D eigenvalue weighted by atomic mass is 10.0. The molecule has 0 N–H and O–H groups in total. The molecule has 1 aliphatic heterocycles. The molecule has 1 amide bonds. The molecule has 1 aliphatic rings. The fourth-order valence-electron chi connectivity index (χ4n) is 2.18. The maximum Gasteiger partial charge on any atom is 0.248 e. The minimum Gasteiger partial charge on any atom is -0.375 e. The van der Waals surface area contributed by atoms with Crippen molar-refractivity contribution < 1.29 is 9.53 Å². The molecule has 0 saturated carbocycles. The number of carbonyl (C=O) groups excluding carboxylic acids is 1. The molecule has 2 rings (SSSR count). The van der Waals surface area contributed by atoms with Crippen molar-refractivity contribution in [3.63, 3.8) is 0 Å². The Morgan fingerprint density at radius 2 is 2.39 bits per heavy atom. The fourth-order valence-corrected chi connectivity index (χ4v) is 2.39. The van der Waals surface area contributed by atoms with Crippen LogP contribution in [0.3, 0.4) is 0 Å². The van der Waals surface area contributed by atoms with Crippen molar-refractivity contribution in [3.05, 3.63) is 22.7 Å². The first-order chi connectivity index (χ1) is 8.69. The molecule has 0 bridgehead atoms. The van der Waals surface area contributed by atoms with Gasteiger partial charge >= 0.3 is 0 Å². The molecule has 1 saturated heterocycles. The maximum absolute atomic E-state index is 11.7. The van der Waals surface area contributed by atoms with Crippen LogP contribution in [0.1, 0.15) is 12.1 Å². The Morgan fingerprint density at radius 1 is 1.56 bits per heavy atom. The van der Waals surface area contributed by atoms with E-state index in [9.17, 15) is 4.79 Å². The van der Waals surface area contributed by atoms with Gasteiger partial charge in [0, 0.05) is 26.4 Å². The molecule has 0 aliphatic carbocycles. The van der Waals surface area contributed by atoms with Crippen LogP contribution >= 0.6 is 15.9 Å². The molecule has 0 radical (unpaired) electrons. The van der Waals surface area contributed by atoms with Crippen molar-refractivity contribution in [2.24, 2.45) is 5.92 Å². The summed E-state index contributed by atoms with van der Waals surface area (Å²) in [5.74, 6) is 0.545. The van der Waals surface area contributed by atoms with Crippen LogP contribution in [0.15, 0.2) is 17.0 Å². The number of nitrogens with zero attached hydrogens (tertiary/aromatic N) is 3. The molecule has 1 aromatic heterocycles. The van der Waals surface area contributed by atoms with Crippen molar-refractivity contribution in [2.75, 3.05) is 26.8 Å². The van der Waals surface area contributed by atoms with Gasteiger partial charge in [0.1, 0.15) is 11.2 Å². The number of halogens is 1. The molecule has 1 aromatic rings. The van der Waals surface area contributed by atoms with E-state index in [4.69, 9.17) is 4.74 Å². The monoisotopic (exact) mass is 313 g/mol. The molecule has 2 heterocycles. The van der Waals surface area contributed by atoms with Crippen LogP contribution in [0.2, 0.25) is 0 Å². The van der Waals surface area contributed by atoms with E-state index >= 15 is 0 Å². The summed E-state index contributed by atoms with van der Waals surface area (Å²) in [7, 11) is 1.54. The third-order valence-electron chi connectivity index (χ3n) is 3.08. The lowest BCUT2D eigenvalue weighted by Gasteiger charge is -2.15. The van der Waals surface area contributed by atoms with Gasteiger partial charge in [-0.3, -0.25) is 9.78 Å². The average molecular weight is 314 g/mol. The highest BCUT2D eigenvalue weighted by molar-refractivity contribution is 9.10. The van der Waals surface area contributed by atoms with Crippen LogP contribution < -0.4 is 0 Å². The first-order valence-corrected chi connectivity index (χ1v) is 6.71. The zero-order valence-corrected chi connectivity index (χ0v) is 11.9. The molecule has 0 aromatic carbocycles. The summed E-state index contributed by atoms with van der Waals surface area (Å²) in [6, 6.07) is 0. The predicted octanol–water partition coefficient (Wildman–Crippen LogP) is 1.28. The van der Waals surface area contributed by atoms with Gasteiger partial charge in [-0.1, -0.05) is 0 Å². The summed E-state index contributed by atoms with van der Waals surface area (Å²) in [4.78, 5) is 22.0. The number of carbonyl (C=O) groups is 1. The quantitative estimate of drug-likeness (QED) is 0.840. The summed E-state index contributed by atoms with van der Waals surface area (Å²) in [5, 5.41) is 0. The third-order valence-corrected chi connectivity index (χ3v) is 3.49. The number of rotatable bonds is 4. The lowest BCUT2D eigenvalue weighted by molar-refractivity contribution is -0.134. The van der Waals surface area contributed by atoms with Gasteiger partial charge < -0.3 is 9.64 Å². The number of likely N-dealkylation sites (tertiary alicyclic amines) is 1. The van der Waals surface area contributed by atoms with Crippen LogP contribution in [0.4, 0.5) is 0 Å². The lowest BCUT2D eigenvalue weighted by Crippen LogP contribution is -2.31. The molecule has 0 spiro atoms. The average Bonchev–Trinajstić information content (AvgIpc) is 2.81. The van der Waals surface area contributed by atoms with Crippen molar-refractivity contribution >= 4 is 21.8 Å². The summed E-state index contributed by atoms with van der Waals surface area (Å²) < 4.78 is 5.61. The number of amides is 1. The summed E-state index contributed by atoms with van der Waals surface area (Å²) in [6.45, 7) is 1.78. The minimum absolute atomic E-state index is 0.0712. The Labute approximate surface area is 115 Å². The standard InChI is InChI=1S/C12H16BrN3O2/c1-18-8-12(17)16-3-2-9(7-16)4-10-5-15-11(13)6-14-10/h5-6,9H,2-4,7-8H2,1H3. The Kier molecular flexibility index (Phi) is 4.66. The largest absolute Gasteiger partial charge is 0.375 e. The van der Waals surface area contributed by atoms with Crippen LogP contribution in [-0.2, 0) is 16.0 Å². The Bertz CT molecular complexity index is 410. The van der Waals surface area contributed by atoms with E-state index in [-0.39, 0.29) is 12.5 Å². The highest BCUT2D eigenvalue weighted by Gasteiger charge is 2.26. The minimum atomic E-state index is 0.0712. The van der Waals surface area contributed by atoms with E-state index in [1.54, 1.807) is 19.5 Å².